The number of aryl methyl sites for hydroxylation is 1. The van der Waals surface area contributed by atoms with Gasteiger partial charge >= 0.3 is 5.97 Å². The molecule has 0 saturated heterocycles. The highest BCUT2D eigenvalue weighted by Gasteiger charge is 2.20. The number of carbonyl (C=O) groups is 2. The van der Waals surface area contributed by atoms with Crippen LogP contribution in [0, 0.1) is 6.92 Å². The number of rotatable bonds is 11. The molecule has 0 atom stereocenters. The quantitative estimate of drug-likeness (QED) is 0.206. The van der Waals surface area contributed by atoms with Crippen LogP contribution in [-0.2, 0) is 26.6 Å². The summed E-state index contributed by atoms with van der Waals surface area (Å²) < 4.78 is 61.2. The third-order valence-electron chi connectivity index (χ3n) is 5.99. The van der Waals surface area contributed by atoms with Gasteiger partial charge in [0.25, 0.3) is 10.0 Å². The predicted molar refractivity (Wildman–Crippen MR) is 152 cm³/mol. The fraction of sp³-hybridized carbons (Fsp3) is 0.103. The molecule has 0 spiro atoms. The summed E-state index contributed by atoms with van der Waals surface area (Å²) in [7, 11) is -7.82. The molecule has 0 amide bonds. The number of ether oxygens (including phenoxy) is 1. The molecule has 0 saturated carbocycles. The van der Waals surface area contributed by atoms with Gasteiger partial charge in [0.2, 0.25) is 10.0 Å². The normalized spacial score (nSPS) is 11.6. The molecule has 10 nitrogen and oxygen atoms in total. The summed E-state index contributed by atoms with van der Waals surface area (Å²) in [6.45, 7) is 3.21. The number of hydrogen-bond donors (Lipinski definition) is 3. The standard InChI is InChI=1S/C29H26N2O8S2/c1-19-3-12-26(13-4-19)41(37,38)31-28-16-11-24(17-27(28)29(33)34)39-23-9-5-21(6-10-23)18-30-40(35,36)25-14-7-22(8-15-25)20(2)32/h3-17,30-31H,18H2,1-2H3,(H,33,34). The lowest BCUT2D eigenvalue weighted by Gasteiger charge is -2.13. The molecule has 0 aliphatic rings. The summed E-state index contributed by atoms with van der Waals surface area (Å²) in [5, 5.41) is 9.68. The number of ketones is 1. The van der Waals surface area contributed by atoms with Crippen LogP contribution in [0.4, 0.5) is 5.69 Å². The van der Waals surface area contributed by atoms with Crippen molar-refractivity contribution in [1.29, 1.82) is 0 Å². The summed E-state index contributed by atoms with van der Waals surface area (Å²) >= 11 is 0. The van der Waals surface area contributed by atoms with Gasteiger partial charge in [0, 0.05) is 12.1 Å². The van der Waals surface area contributed by atoms with Gasteiger partial charge in [0.1, 0.15) is 11.5 Å². The van der Waals surface area contributed by atoms with Crippen molar-refractivity contribution in [3.05, 3.63) is 113 Å². The van der Waals surface area contributed by atoms with E-state index < -0.39 is 26.0 Å². The maximum absolute atomic E-state index is 12.7. The van der Waals surface area contributed by atoms with Crippen LogP contribution in [-0.4, -0.2) is 33.7 Å². The van der Waals surface area contributed by atoms with E-state index in [2.05, 4.69) is 9.44 Å². The molecule has 212 valence electrons. The van der Waals surface area contributed by atoms with Crippen molar-refractivity contribution in [2.45, 2.75) is 30.2 Å². The molecule has 4 aromatic rings. The minimum Gasteiger partial charge on any atom is -0.478 e. The van der Waals surface area contributed by atoms with Gasteiger partial charge in [0.05, 0.1) is 21.0 Å². The first-order chi connectivity index (χ1) is 19.3. The van der Waals surface area contributed by atoms with Crippen molar-refractivity contribution in [2.75, 3.05) is 4.72 Å². The Morgan fingerprint density at radius 3 is 1.90 bits per heavy atom. The van der Waals surface area contributed by atoms with Crippen LogP contribution in [0.5, 0.6) is 11.5 Å². The fourth-order valence-electron chi connectivity index (χ4n) is 3.72. The Morgan fingerprint density at radius 1 is 0.756 bits per heavy atom. The second-order valence-electron chi connectivity index (χ2n) is 9.08. The molecule has 3 N–H and O–H groups in total. The van der Waals surface area contributed by atoms with Crippen LogP contribution in [0.3, 0.4) is 0 Å². The van der Waals surface area contributed by atoms with Crippen molar-refractivity contribution < 1.29 is 36.3 Å². The number of carboxylic acids is 1. The van der Waals surface area contributed by atoms with Gasteiger partial charge in [-0.3, -0.25) is 9.52 Å². The number of carbonyl (C=O) groups excluding carboxylic acids is 1. The second-order valence-corrected chi connectivity index (χ2v) is 12.5. The largest absolute Gasteiger partial charge is 0.478 e. The highest BCUT2D eigenvalue weighted by molar-refractivity contribution is 7.92. The Hall–Kier alpha value is -4.52. The number of hydrogen-bond acceptors (Lipinski definition) is 7. The molecule has 0 radical (unpaired) electrons. The number of nitrogens with one attached hydrogen (secondary N) is 2. The molecule has 4 rings (SSSR count). The molecule has 0 fully saturated rings. The van der Waals surface area contributed by atoms with Crippen LogP contribution in [0.25, 0.3) is 0 Å². The third kappa shape index (κ3) is 7.37. The predicted octanol–water partition coefficient (Wildman–Crippen LogP) is 4.97. The first-order valence-electron chi connectivity index (χ1n) is 12.2. The molecule has 0 aromatic heterocycles. The maximum Gasteiger partial charge on any atom is 0.337 e. The van der Waals surface area contributed by atoms with Crippen molar-refractivity contribution in [3.63, 3.8) is 0 Å². The summed E-state index contributed by atoms with van der Waals surface area (Å²) in [4.78, 5) is 23.3. The number of Topliss-reactive ketones (excluding diaryl/α,β-unsaturated/α-hetero) is 1. The van der Waals surface area contributed by atoms with Gasteiger partial charge in [-0.1, -0.05) is 42.0 Å². The van der Waals surface area contributed by atoms with E-state index in [0.29, 0.717) is 16.9 Å². The average molecular weight is 595 g/mol. The van der Waals surface area contributed by atoms with Gasteiger partial charge < -0.3 is 9.84 Å². The van der Waals surface area contributed by atoms with Crippen LogP contribution in [0.2, 0.25) is 0 Å². The molecule has 0 bridgehead atoms. The van der Waals surface area contributed by atoms with Crippen LogP contribution >= 0.6 is 0 Å². The van der Waals surface area contributed by atoms with E-state index in [-0.39, 0.29) is 39.1 Å². The van der Waals surface area contributed by atoms with Crippen LogP contribution in [0.1, 0.15) is 38.8 Å². The number of carboxylic acid groups (broad SMARTS) is 1. The zero-order valence-electron chi connectivity index (χ0n) is 22.0. The van der Waals surface area contributed by atoms with E-state index >= 15 is 0 Å². The van der Waals surface area contributed by atoms with Crippen LogP contribution in [0.15, 0.2) is 101 Å². The maximum atomic E-state index is 12.7. The molecule has 0 aliphatic heterocycles. The highest BCUT2D eigenvalue weighted by Crippen LogP contribution is 2.28. The third-order valence-corrected chi connectivity index (χ3v) is 8.79. The average Bonchev–Trinajstić information content (AvgIpc) is 2.93. The summed E-state index contributed by atoms with van der Waals surface area (Å²) in [5.41, 5.74) is 1.49. The molecule has 41 heavy (non-hydrogen) atoms. The Morgan fingerprint density at radius 2 is 1.32 bits per heavy atom. The fourth-order valence-corrected chi connectivity index (χ4v) is 5.81. The molecule has 0 unspecified atom stereocenters. The van der Waals surface area contributed by atoms with Gasteiger partial charge in [0.15, 0.2) is 5.78 Å². The lowest BCUT2D eigenvalue weighted by molar-refractivity contribution is 0.0697. The summed E-state index contributed by atoms with van der Waals surface area (Å²) in [6.07, 6.45) is 0. The zero-order valence-corrected chi connectivity index (χ0v) is 23.6. The monoisotopic (exact) mass is 594 g/mol. The topological polar surface area (TPSA) is 156 Å². The minimum absolute atomic E-state index is 0.00391. The molecular weight excluding hydrogens is 568 g/mol. The van der Waals surface area contributed by atoms with E-state index in [1.165, 1.54) is 61.5 Å². The van der Waals surface area contributed by atoms with Gasteiger partial charge in [-0.05, 0) is 74.0 Å². The van der Waals surface area contributed by atoms with Crippen molar-refractivity contribution >= 4 is 37.5 Å². The molecule has 0 heterocycles. The molecule has 12 heteroatoms. The van der Waals surface area contributed by atoms with E-state index in [1.54, 1.807) is 36.4 Å². The van der Waals surface area contributed by atoms with Crippen LogP contribution < -0.4 is 14.2 Å². The number of aromatic carboxylic acids is 1. The second kappa shape index (κ2) is 11.9. The van der Waals surface area contributed by atoms with E-state index in [1.807, 2.05) is 6.92 Å². The van der Waals surface area contributed by atoms with E-state index in [0.717, 1.165) is 5.56 Å². The zero-order chi connectivity index (χ0) is 29.8. The first kappa shape index (κ1) is 29.5. The summed E-state index contributed by atoms with van der Waals surface area (Å²) in [6, 6.07) is 22.1. The van der Waals surface area contributed by atoms with E-state index in [4.69, 9.17) is 4.74 Å². The Kier molecular flexibility index (Phi) is 8.57. The van der Waals surface area contributed by atoms with Gasteiger partial charge in [-0.2, -0.15) is 0 Å². The molecule has 4 aromatic carbocycles. The first-order valence-corrected chi connectivity index (χ1v) is 15.1. The molecular formula is C29H26N2O8S2. The SMILES string of the molecule is CC(=O)c1ccc(S(=O)(=O)NCc2ccc(Oc3ccc(NS(=O)(=O)c4ccc(C)cc4)c(C(=O)O)c3)cc2)cc1. The van der Waals surface area contributed by atoms with Crippen molar-refractivity contribution in [1.82, 2.24) is 4.72 Å². The number of anilines is 1. The Balaban J connectivity index is 1.43. The Bertz CT molecular complexity index is 1800. The Labute approximate surface area is 237 Å². The van der Waals surface area contributed by atoms with Gasteiger partial charge in [-0.25, -0.2) is 26.4 Å². The highest BCUT2D eigenvalue weighted by atomic mass is 32.2. The van der Waals surface area contributed by atoms with E-state index in [9.17, 15) is 31.5 Å². The smallest absolute Gasteiger partial charge is 0.337 e. The number of benzene rings is 4. The lowest BCUT2D eigenvalue weighted by Crippen LogP contribution is -2.23. The van der Waals surface area contributed by atoms with Crippen molar-refractivity contribution in [3.8, 4) is 11.5 Å². The lowest BCUT2D eigenvalue weighted by atomic mass is 10.1. The molecule has 0 aliphatic carbocycles. The minimum atomic E-state index is -4.02. The van der Waals surface area contributed by atoms with Crippen molar-refractivity contribution in [2.24, 2.45) is 0 Å². The number of sulfonamides is 2. The summed E-state index contributed by atoms with van der Waals surface area (Å²) in [5.74, 6) is -1.01. The van der Waals surface area contributed by atoms with Gasteiger partial charge in [-0.15, -0.1) is 0 Å².